The topological polar surface area (TPSA) is 20.3 Å². The van der Waals surface area contributed by atoms with Gasteiger partial charge in [0, 0.05) is 11.5 Å². The number of fused-ring (bicyclic) bond motifs is 1. The molecular weight excluding hydrogens is 326 g/mol. The molecule has 21 heavy (non-hydrogen) atoms. The third-order valence-corrected chi connectivity index (χ3v) is 4.64. The van der Waals surface area contributed by atoms with E-state index in [9.17, 15) is 4.79 Å². The van der Waals surface area contributed by atoms with Crippen LogP contribution in [0.2, 0.25) is 0 Å². The van der Waals surface area contributed by atoms with Gasteiger partial charge in [-0.3, -0.25) is 4.79 Å². The summed E-state index contributed by atoms with van der Waals surface area (Å²) >= 11 is 3.71. The van der Waals surface area contributed by atoms with Crippen molar-refractivity contribution in [2.75, 3.05) is 7.05 Å². The van der Waals surface area contributed by atoms with E-state index in [1.807, 2.05) is 25.2 Å². The van der Waals surface area contributed by atoms with Gasteiger partial charge in [-0.15, -0.1) is 0 Å². The molecular formula is C18H16BrNO. The van der Waals surface area contributed by atoms with E-state index in [1.165, 1.54) is 5.56 Å². The molecule has 0 saturated carbocycles. The van der Waals surface area contributed by atoms with E-state index in [0.29, 0.717) is 6.42 Å². The van der Waals surface area contributed by atoms with Gasteiger partial charge in [-0.25, -0.2) is 0 Å². The lowest BCUT2D eigenvalue weighted by molar-refractivity contribution is -0.126. The molecule has 2 aromatic carbocycles. The maximum atomic E-state index is 12.4. The van der Waals surface area contributed by atoms with E-state index in [4.69, 9.17) is 0 Å². The molecule has 1 amide bonds. The van der Waals surface area contributed by atoms with E-state index in [1.54, 1.807) is 4.90 Å². The van der Waals surface area contributed by atoms with Crippen molar-refractivity contribution < 1.29 is 4.79 Å². The summed E-state index contributed by atoms with van der Waals surface area (Å²) in [7, 11) is 1.84. The molecule has 0 saturated heterocycles. The van der Waals surface area contributed by atoms with Crippen molar-refractivity contribution in [2.45, 2.75) is 13.3 Å². The molecule has 106 valence electrons. The van der Waals surface area contributed by atoms with Gasteiger partial charge < -0.3 is 4.90 Å². The summed E-state index contributed by atoms with van der Waals surface area (Å²) < 4.78 is 0.968. The number of halogens is 1. The van der Waals surface area contributed by atoms with E-state index in [2.05, 4.69) is 53.2 Å². The fourth-order valence-electron chi connectivity index (χ4n) is 2.60. The molecule has 1 heterocycles. The number of rotatable bonds is 1. The fraction of sp³-hybridized carbons (Fsp3) is 0.167. The van der Waals surface area contributed by atoms with Gasteiger partial charge in [-0.2, -0.15) is 0 Å². The predicted octanol–water partition coefficient (Wildman–Crippen LogP) is 4.23. The number of benzene rings is 2. The van der Waals surface area contributed by atoms with Crippen LogP contribution in [0.25, 0.3) is 10.2 Å². The van der Waals surface area contributed by atoms with E-state index < -0.39 is 0 Å². The maximum Gasteiger partial charge on any atom is 0.231 e. The normalized spacial score (nSPS) is 15.0. The fourth-order valence-corrected chi connectivity index (χ4v) is 3.48. The Hall–Kier alpha value is -1.87. The number of hydrogen-bond donors (Lipinski definition) is 0. The van der Waals surface area contributed by atoms with Crippen LogP contribution in [-0.2, 0) is 11.2 Å². The minimum Gasteiger partial charge on any atom is -0.314 e. The van der Waals surface area contributed by atoms with Gasteiger partial charge in [-0.1, -0.05) is 54.1 Å². The number of likely N-dealkylation sites (N-methyl/N-ethyl adjacent to an activating group) is 1. The first-order valence-corrected chi connectivity index (χ1v) is 7.69. The SMILES string of the molecule is Cc1ccc(C2=C(Br)c3ccccc3CC(=O)N2C)cc1. The van der Waals surface area contributed by atoms with Crippen molar-refractivity contribution in [3.05, 3.63) is 70.8 Å². The second kappa shape index (κ2) is 5.49. The molecule has 2 aromatic rings. The number of nitrogens with zero attached hydrogens (tertiary/aromatic N) is 1. The van der Waals surface area contributed by atoms with Crippen molar-refractivity contribution in [1.82, 2.24) is 4.90 Å². The molecule has 2 nitrogen and oxygen atoms in total. The Balaban J connectivity index is 2.24. The molecule has 3 heteroatoms. The van der Waals surface area contributed by atoms with Crippen molar-refractivity contribution in [2.24, 2.45) is 0 Å². The van der Waals surface area contributed by atoms with Gasteiger partial charge in [0.1, 0.15) is 0 Å². The van der Waals surface area contributed by atoms with E-state index in [0.717, 1.165) is 26.9 Å². The predicted molar refractivity (Wildman–Crippen MR) is 89.8 cm³/mol. The lowest BCUT2D eigenvalue weighted by Crippen LogP contribution is -2.25. The molecule has 0 unspecified atom stereocenters. The first-order valence-electron chi connectivity index (χ1n) is 6.89. The van der Waals surface area contributed by atoms with Gasteiger partial charge in [0.25, 0.3) is 0 Å². The summed E-state index contributed by atoms with van der Waals surface area (Å²) in [6.45, 7) is 2.06. The van der Waals surface area contributed by atoms with Crippen LogP contribution in [0.1, 0.15) is 22.3 Å². The van der Waals surface area contributed by atoms with E-state index in [-0.39, 0.29) is 5.91 Å². The maximum absolute atomic E-state index is 12.4. The highest BCUT2D eigenvalue weighted by Gasteiger charge is 2.25. The van der Waals surface area contributed by atoms with Crippen LogP contribution in [0.3, 0.4) is 0 Å². The highest BCUT2D eigenvalue weighted by Crippen LogP contribution is 2.37. The first kappa shape index (κ1) is 14.1. The second-order valence-electron chi connectivity index (χ2n) is 5.32. The first-order chi connectivity index (χ1) is 10.1. The lowest BCUT2D eigenvalue weighted by atomic mass is 10.0. The lowest BCUT2D eigenvalue weighted by Gasteiger charge is -2.20. The molecule has 0 atom stereocenters. The minimum absolute atomic E-state index is 0.104. The summed E-state index contributed by atoms with van der Waals surface area (Å²) in [5.41, 5.74) is 5.32. The van der Waals surface area contributed by atoms with Crippen LogP contribution in [0.15, 0.2) is 48.5 Å². The molecule has 1 aliphatic rings. The van der Waals surface area contributed by atoms with Gasteiger partial charge in [0.15, 0.2) is 0 Å². The summed E-state index contributed by atoms with van der Waals surface area (Å²) in [5, 5.41) is 0. The molecule has 1 aliphatic heterocycles. The Kier molecular flexibility index (Phi) is 3.68. The van der Waals surface area contributed by atoms with Crippen LogP contribution in [0, 0.1) is 6.92 Å². The van der Waals surface area contributed by atoms with Gasteiger partial charge in [0.2, 0.25) is 5.91 Å². The number of carbonyl (C=O) groups excluding carboxylic acids is 1. The zero-order valence-electron chi connectivity index (χ0n) is 12.1. The van der Waals surface area contributed by atoms with Crippen LogP contribution in [0.4, 0.5) is 0 Å². The van der Waals surface area contributed by atoms with Gasteiger partial charge >= 0.3 is 0 Å². The van der Waals surface area contributed by atoms with Crippen LogP contribution >= 0.6 is 15.9 Å². The molecule has 0 N–H and O–H groups in total. The highest BCUT2D eigenvalue weighted by atomic mass is 79.9. The Labute approximate surface area is 133 Å². The number of amides is 1. The minimum atomic E-state index is 0.104. The monoisotopic (exact) mass is 341 g/mol. The summed E-state index contributed by atoms with van der Waals surface area (Å²) in [6.07, 6.45) is 0.428. The molecule has 0 aliphatic carbocycles. The van der Waals surface area contributed by atoms with Crippen LogP contribution in [-0.4, -0.2) is 17.9 Å². The Morgan fingerprint density at radius 3 is 2.43 bits per heavy atom. The smallest absolute Gasteiger partial charge is 0.231 e. The van der Waals surface area contributed by atoms with Crippen molar-refractivity contribution >= 4 is 32.0 Å². The zero-order chi connectivity index (χ0) is 15.0. The second-order valence-corrected chi connectivity index (χ2v) is 6.11. The van der Waals surface area contributed by atoms with E-state index >= 15 is 0 Å². The number of hydrogen-bond acceptors (Lipinski definition) is 1. The zero-order valence-corrected chi connectivity index (χ0v) is 13.6. The standard InChI is InChI=1S/C18H16BrNO/c1-12-7-9-13(10-8-12)18-17(19)15-6-4-3-5-14(15)11-16(21)20(18)2/h3-10H,11H2,1-2H3. The van der Waals surface area contributed by atoms with Crippen LogP contribution < -0.4 is 0 Å². The third-order valence-electron chi connectivity index (χ3n) is 3.84. The molecule has 0 bridgehead atoms. The molecule has 3 rings (SSSR count). The number of carbonyl (C=O) groups is 1. The highest BCUT2D eigenvalue weighted by molar-refractivity contribution is 9.15. The summed E-state index contributed by atoms with van der Waals surface area (Å²) in [5.74, 6) is 0.104. The molecule has 0 spiro atoms. The largest absolute Gasteiger partial charge is 0.314 e. The Bertz CT molecular complexity index is 731. The average Bonchev–Trinajstić information content (AvgIpc) is 2.57. The summed E-state index contributed by atoms with van der Waals surface area (Å²) in [4.78, 5) is 14.2. The van der Waals surface area contributed by atoms with Crippen molar-refractivity contribution in [3.63, 3.8) is 0 Å². The molecule has 0 radical (unpaired) electrons. The Morgan fingerprint density at radius 2 is 1.71 bits per heavy atom. The van der Waals surface area contributed by atoms with Crippen molar-refractivity contribution in [3.8, 4) is 0 Å². The molecule has 0 fully saturated rings. The Morgan fingerprint density at radius 1 is 1.05 bits per heavy atom. The van der Waals surface area contributed by atoms with Gasteiger partial charge in [-0.05, 0) is 39.5 Å². The number of aryl methyl sites for hydroxylation is 1. The average molecular weight is 342 g/mol. The van der Waals surface area contributed by atoms with Gasteiger partial charge in [0.05, 0.1) is 12.1 Å². The van der Waals surface area contributed by atoms with Crippen LogP contribution in [0.5, 0.6) is 0 Å². The molecule has 0 aromatic heterocycles. The third kappa shape index (κ3) is 2.54. The quantitative estimate of drug-likeness (QED) is 0.759. The summed E-state index contributed by atoms with van der Waals surface area (Å²) in [6, 6.07) is 16.3. The van der Waals surface area contributed by atoms with Crippen molar-refractivity contribution in [1.29, 1.82) is 0 Å².